The van der Waals surface area contributed by atoms with E-state index < -0.39 is 16.2 Å². The number of rotatable bonds is 10. The smallest absolute Gasteiger partial charge is 0.256 e. The summed E-state index contributed by atoms with van der Waals surface area (Å²) in [6.07, 6.45) is 14.6. The highest BCUT2D eigenvalue weighted by atomic mass is 32.2. The fourth-order valence-electron chi connectivity index (χ4n) is 5.83. The topological polar surface area (TPSA) is 153 Å². The van der Waals surface area contributed by atoms with Crippen molar-refractivity contribution in [3.8, 4) is 28.5 Å². The first-order chi connectivity index (χ1) is 22.3. The number of aromatic nitrogens is 7. The van der Waals surface area contributed by atoms with Crippen LogP contribution < -0.4 is 15.4 Å². The molecule has 4 aromatic heterocycles. The average Bonchev–Trinajstić information content (AvgIpc) is 3.81. The summed E-state index contributed by atoms with van der Waals surface area (Å²) in [5.41, 5.74) is 2.68. The fraction of sp³-hybridized carbons (Fsp3) is 0.484. The van der Waals surface area contributed by atoms with Gasteiger partial charge in [0.05, 0.1) is 41.3 Å². The van der Waals surface area contributed by atoms with Gasteiger partial charge in [-0.05, 0) is 64.5 Å². The number of anilines is 3. The maximum atomic E-state index is 13.9. The van der Waals surface area contributed by atoms with Crippen LogP contribution in [0.25, 0.3) is 22.6 Å². The molecular weight excluding hydrogens is 611 g/mol. The summed E-state index contributed by atoms with van der Waals surface area (Å²) in [5, 5.41) is 10.5. The third kappa shape index (κ3) is 6.94. The Bertz CT molecular complexity index is 1770. The Morgan fingerprint density at radius 3 is 2.46 bits per heavy atom. The van der Waals surface area contributed by atoms with Crippen LogP contribution in [0.1, 0.15) is 51.4 Å². The van der Waals surface area contributed by atoms with Crippen LogP contribution in [0.2, 0.25) is 0 Å². The zero-order valence-corrected chi connectivity index (χ0v) is 26.4. The first-order valence-electron chi connectivity index (χ1n) is 15.8. The predicted octanol–water partition coefficient (Wildman–Crippen LogP) is 4.44. The lowest BCUT2D eigenvalue weighted by Crippen LogP contribution is -2.35. The van der Waals surface area contributed by atoms with Gasteiger partial charge in [0.15, 0.2) is 5.82 Å². The predicted molar refractivity (Wildman–Crippen MR) is 171 cm³/mol. The van der Waals surface area contributed by atoms with Gasteiger partial charge in [0, 0.05) is 48.8 Å². The van der Waals surface area contributed by atoms with E-state index in [0.717, 1.165) is 54.1 Å². The molecule has 46 heavy (non-hydrogen) atoms. The summed E-state index contributed by atoms with van der Waals surface area (Å²) in [4.78, 5) is 25.0. The summed E-state index contributed by atoms with van der Waals surface area (Å²) in [6, 6.07) is 3.69. The van der Waals surface area contributed by atoms with Crippen molar-refractivity contribution in [1.82, 2.24) is 39.0 Å². The quantitative estimate of drug-likeness (QED) is 0.250. The van der Waals surface area contributed by atoms with Gasteiger partial charge >= 0.3 is 0 Å². The van der Waals surface area contributed by atoms with Crippen LogP contribution >= 0.6 is 0 Å². The number of nitrogens with one attached hydrogen (secondary N) is 2. The van der Waals surface area contributed by atoms with E-state index in [-0.39, 0.29) is 17.4 Å². The normalized spacial score (nSPS) is 21.2. The minimum Gasteiger partial charge on any atom is -0.473 e. The molecule has 242 valence electrons. The number of hydrogen-bond donors (Lipinski definition) is 2. The van der Waals surface area contributed by atoms with Crippen molar-refractivity contribution in [1.29, 1.82) is 0 Å². The molecule has 3 aliphatic rings. The molecule has 0 spiro atoms. The Kier molecular flexibility index (Phi) is 8.51. The third-order valence-corrected chi connectivity index (χ3v) is 10.7. The number of piperidine rings is 1. The number of likely N-dealkylation sites (tertiary alicyclic amines) is 1. The minimum atomic E-state index is -3.49. The lowest BCUT2D eigenvalue weighted by molar-refractivity contribution is 0.109. The molecule has 7 rings (SSSR count). The van der Waals surface area contributed by atoms with Crippen molar-refractivity contribution in [2.24, 2.45) is 0 Å². The van der Waals surface area contributed by atoms with Gasteiger partial charge in [0.2, 0.25) is 5.88 Å². The van der Waals surface area contributed by atoms with Gasteiger partial charge in [-0.3, -0.25) is 0 Å². The van der Waals surface area contributed by atoms with E-state index in [1.807, 2.05) is 6.07 Å². The molecular formula is C31H37FN10O3S. The zero-order chi connectivity index (χ0) is 31.7. The molecule has 0 amide bonds. The molecule has 0 bridgehead atoms. The first-order valence-corrected chi connectivity index (χ1v) is 17.3. The van der Waals surface area contributed by atoms with Crippen molar-refractivity contribution < 1.29 is 17.5 Å². The van der Waals surface area contributed by atoms with Crippen LogP contribution in [0, 0.1) is 0 Å². The lowest BCUT2D eigenvalue weighted by atomic mass is 9.93. The van der Waals surface area contributed by atoms with Gasteiger partial charge in [0.25, 0.3) is 10.0 Å². The van der Waals surface area contributed by atoms with Crippen LogP contribution in [0.5, 0.6) is 5.88 Å². The number of pyridine rings is 1. The van der Waals surface area contributed by atoms with Crippen molar-refractivity contribution in [2.45, 2.75) is 74.9 Å². The van der Waals surface area contributed by atoms with Gasteiger partial charge in [-0.25, -0.2) is 37.7 Å². The molecule has 0 unspecified atom stereocenters. The standard InChI is InChI=1S/C31H37FN10O3S/c1-41-12-9-23(10-13-41)45-30-18-34-27(17-36-30)25-16-35-29(14-26(25)38-22-4-2-21(32)3-5-22)39-28-8-11-33-31(40-28)20-15-37-42(19-20)46(43,44)24-6-7-24/h8,11,14-19,21-24H,2-7,9-10,12-13H2,1H3,(H2,33,35,38,39,40). The minimum absolute atomic E-state index is 0.107. The molecule has 1 aliphatic heterocycles. The summed E-state index contributed by atoms with van der Waals surface area (Å²) >= 11 is 0. The second kappa shape index (κ2) is 12.9. The largest absolute Gasteiger partial charge is 0.473 e. The summed E-state index contributed by atoms with van der Waals surface area (Å²) in [5.74, 6) is 1.83. The van der Waals surface area contributed by atoms with Crippen molar-refractivity contribution in [3.05, 3.63) is 49.3 Å². The average molecular weight is 649 g/mol. The van der Waals surface area contributed by atoms with E-state index in [2.05, 4.69) is 52.6 Å². The Morgan fingerprint density at radius 2 is 1.72 bits per heavy atom. The summed E-state index contributed by atoms with van der Waals surface area (Å²) in [6.45, 7) is 1.99. The van der Waals surface area contributed by atoms with Crippen LogP contribution in [-0.2, 0) is 10.0 Å². The number of nitrogens with zero attached hydrogens (tertiary/aromatic N) is 8. The van der Waals surface area contributed by atoms with Crippen LogP contribution in [-0.4, -0.2) is 91.1 Å². The molecule has 1 saturated heterocycles. The SMILES string of the molecule is CN1CCC(Oc2cnc(-c3cnc(Nc4ccnc(-c5cnn(S(=O)(=O)C6CC6)c5)n4)cc3NC3CCC(F)CC3)cn2)CC1. The highest BCUT2D eigenvalue weighted by molar-refractivity contribution is 7.90. The van der Waals surface area contributed by atoms with E-state index in [9.17, 15) is 12.8 Å². The maximum Gasteiger partial charge on any atom is 0.256 e. The van der Waals surface area contributed by atoms with Crippen LogP contribution in [0.15, 0.2) is 49.3 Å². The van der Waals surface area contributed by atoms with Crippen LogP contribution in [0.3, 0.4) is 0 Å². The number of alkyl halides is 1. The Morgan fingerprint density at radius 1 is 0.913 bits per heavy atom. The summed E-state index contributed by atoms with van der Waals surface area (Å²) < 4.78 is 46.1. The second-order valence-electron chi connectivity index (χ2n) is 12.3. The second-order valence-corrected chi connectivity index (χ2v) is 14.4. The third-order valence-electron chi connectivity index (χ3n) is 8.71. The molecule has 0 aromatic carbocycles. The molecule has 15 heteroatoms. The van der Waals surface area contributed by atoms with Crippen LogP contribution in [0.4, 0.5) is 21.7 Å². The first kappa shape index (κ1) is 30.4. The van der Waals surface area contributed by atoms with Crippen molar-refractivity contribution in [2.75, 3.05) is 30.8 Å². The summed E-state index contributed by atoms with van der Waals surface area (Å²) in [7, 11) is -1.38. The number of ether oxygens (including phenoxy) is 1. The van der Waals surface area contributed by atoms with E-state index in [1.165, 1.54) is 12.4 Å². The van der Waals surface area contributed by atoms with Crippen molar-refractivity contribution >= 4 is 27.3 Å². The molecule has 0 radical (unpaired) electrons. The Hall–Kier alpha value is -4.24. The van der Waals surface area contributed by atoms with E-state index in [0.29, 0.717) is 60.3 Å². The highest BCUT2D eigenvalue weighted by Gasteiger charge is 2.37. The molecule has 13 nitrogen and oxygen atoms in total. The van der Waals surface area contributed by atoms with Gasteiger partial charge < -0.3 is 20.3 Å². The molecule has 2 N–H and O–H groups in total. The van der Waals surface area contributed by atoms with Crippen molar-refractivity contribution in [3.63, 3.8) is 0 Å². The Labute approximate surface area is 267 Å². The number of hydrogen-bond acceptors (Lipinski definition) is 12. The highest BCUT2D eigenvalue weighted by Crippen LogP contribution is 2.33. The zero-order valence-electron chi connectivity index (χ0n) is 25.6. The van der Waals surface area contributed by atoms with E-state index in [4.69, 9.17) is 4.74 Å². The number of halogens is 1. The molecule has 0 atom stereocenters. The molecule has 3 fully saturated rings. The van der Waals surface area contributed by atoms with Gasteiger partial charge in [-0.15, -0.1) is 0 Å². The monoisotopic (exact) mass is 648 g/mol. The maximum absolute atomic E-state index is 13.9. The molecule has 5 heterocycles. The van der Waals surface area contributed by atoms with Gasteiger partial charge in [-0.1, -0.05) is 0 Å². The van der Waals surface area contributed by atoms with E-state index >= 15 is 0 Å². The molecule has 4 aromatic rings. The van der Waals surface area contributed by atoms with E-state index in [1.54, 1.807) is 30.9 Å². The lowest BCUT2D eigenvalue weighted by Gasteiger charge is -2.28. The Balaban J connectivity index is 1.11. The molecule has 2 saturated carbocycles. The van der Waals surface area contributed by atoms with Gasteiger partial charge in [0.1, 0.15) is 23.9 Å². The van der Waals surface area contributed by atoms with Gasteiger partial charge in [-0.2, -0.15) is 9.19 Å². The fourth-order valence-corrected chi connectivity index (χ4v) is 7.31. The molecule has 2 aliphatic carbocycles.